The van der Waals surface area contributed by atoms with Crippen molar-refractivity contribution < 1.29 is 18.4 Å². The van der Waals surface area contributed by atoms with Crippen LogP contribution in [0.1, 0.15) is 0 Å². The molecule has 126 valence electrons. The van der Waals surface area contributed by atoms with E-state index >= 15 is 0 Å². The standard InChI is InChI=1S/C14H13F2N5O3/c15-9-1-2-10(16)11(7-9)19-13-12(21(22)23)14(18-8-17-13)20-3-5-24-6-4-20/h1-2,7-8H,3-6H2,(H,17,18,19). The molecule has 1 aliphatic rings. The van der Waals surface area contributed by atoms with E-state index in [1.54, 1.807) is 4.90 Å². The van der Waals surface area contributed by atoms with E-state index in [0.717, 1.165) is 24.5 Å². The molecule has 1 N–H and O–H groups in total. The number of nitrogens with zero attached hydrogens (tertiary/aromatic N) is 4. The zero-order valence-corrected chi connectivity index (χ0v) is 12.4. The Labute approximate surface area is 135 Å². The average Bonchev–Trinajstić information content (AvgIpc) is 2.58. The maximum Gasteiger partial charge on any atom is 0.353 e. The minimum Gasteiger partial charge on any atom is -0.378 e. The second kappa shape index (κ2) is 6.71. The predicted molar refractivity (Wildman–Crippen MR) is 81.4 cm³/mol. The fourth-order valence-electron chi connectivity index (χ4n) is 2.36. The lowest BCUT2D eigenvalue weighted by Gasteiger charge is -2.27. The molecule has 0 radical (unpaired) electrons. The summed E-state index contributed by atoms with van der Waals surface area (Å²) in [7, 11) is 0. The van der Waals surface area contributed by atoms with E-state index in [4.69, 9.17) is 4.74 Å². The number of morpholine rings is 1. The van der Waals surface area contributed by atoms with E-state index in [1.165, 1.54) is 0 Å². The molecular formula is C14H13F2N5O3. The van der Waals surface area contributed by atoms with Gasteiger partial charge in [0.25, 0.3) is 0 Å². The van der Waals surface area contributed by atoms with Crippen molar-refractivity contribution in [1.29, 1.82) is 0 Å². The summed E-state index contributed by atoms with van der Waals surface area (Å²) in [4.78, 5) is 20.3. The van der Waals surface area contributed by atoms with Crippen molar-refractivity contribution in [3.8, 4) is 0 Å². The maximum atomic E-state index is 13.8. The van der Waals surface area contributed by atoms with Crippen LogP contribution in [0.5, 0.6) is 0 Å². The van der Waals surface area contributed by atoms with Gasteiger partial charge in [-0.3, -0.25) is 10.1 Å². The first-order valence-corrected chi connectivity index (χ1v) is 7.10. The van der Waals surface area contributed by atoms with Gasteiger partial charge in [0, 0.05) is 19.2 Å². The highest BCUT2D eigenvalue weighted by Gasteiger charge is 2.28. The Kier molecular flexibility index (Phi) is 4.47. The molecule has 24 heavy (non-hydrogen) atoms. The van der Waals surface area contributed by atoms with Crippen molar-refractivity contribution in [2.45, 2.75) is 0 Å². The number of halogens is 2. The molecule has 2 aromatic rings. The quantitative estimate of drug-likeness (QED) is 0.675. The molecule has 1 saturated heterocycles. The Morgan fingerprint density at radius 1 is 1.25 bits per heavy atom. The SMILES string of the molecule is O=[N+]([O-])c1c(Nc2cc(F)ccc2F)ncnc1N1CCOCC1. The summed E-state index contributed by atoms with van der Waals surface area (Å²) >= 11 is 0. The van der Waals surface area contributed by atoms with Crippen molar-refractivity contribution in [3.63, 3.8) is 0 Å². The van der Waals surface area contributed by atoms with Crippen LogP contribution in [-0.4, -0.2) is 41.2 Å². The lowest BCUT2D eigenvalue weighted by molar-refractivity contribution is -0.383. The number of rotatable bonds is 4. The van der Waals surface area contributed by atoms with Gasteiger partial charge < -0.3 is 15.0 Å². The van der Waals surface area contributed by atoms with Gasteiger partial charge in [0.2, 0.25) is 11.6 Å². The fraction of sp³-hybridized carbons (Fsp3) is 0.286. The third-order valence-corrected chi connectivity index (χ3v) is 3.48. The molecule has 0 spiro atoms. The zero-order chi connectivity index (χ0) is 17.1. The van der Waals surface area contributed by atoms with Crippen molar-refractivity contribution in [2.24, 2.45) is 0 Å². The highest BCUT2D eigenvalue weighted by Crippen LogP contribution is 2.34. The first-order valence-electron chi connectivity index (χ1n) is 7.10. The van der Waals surface area contributed by atoms with Gasteiger partial charge in [-0.2, -0.15) is 0 Å². The molecule has 0 aliphatic carbocycles. The Morgan fingerprint density at radius 2 is 2.00 bits per heavy atom. The van der Waals surface area contributed by atoms with Gasteiger partial charge >= 0.3 is 5.69 Å². The fourth-order valence-corrected chi connectivity index (χ4v) is 2.36. The van der Waals surface area contributed by atoms with Crippen LogP contribution in [0.15, 0.2) is 24.5 Å². The van der Waals surface area contributed by atoms with Crippen molar-refractivity contribution in [2.75, 3.05) is 36.5 Å². The lowest BCUT2D eigenvalue weighted by atomic mass is 10.3. The van der Waals surface area contributed by atoms with Crippen LogP contribution in [0.3, 0.4) is 0 Å². The highest BCUT2D eigenvalue weighted by molar-refractivity contribution is 5.74. The number of nitrogens with one attached hydrogen (secondary N) is 1. The summed E-state index contributed by atoms with van der Waals surface area (Å²) in [5.41, 5.74) is -0.646. The van der Waals surface area contributed by atoms with Crippen LogP contribution >= 0.6 is 0 Å². The van der Waals surface area contributed by atoms with E-state index in [9.17, 15) is 18.9 Å². The average molecular weight is 337 g/mol. The Morgan fingerprint density at radius 3 is 2.71 bits per heavy atom. The van der Waals surface area contributed by atoms with Crippen LogP contribution in [0.2, 0.25) is 0 Å². The lowest BCUT2D eigenvalue weighted by Crippen LogP contribution is -2.37. The van der Waals surface area contributed by atoms with Crippen molar-refractivity contribution in [3.05, 3.63) is 46.3 Å². The van der Waals surface area contributed by atoms with E-state index in [0.29, 0.717) is 26.3 Å². The number of hydrogen-bond acceptors (Lipinski definition) is 7. The van der Waals surface area contributed by atoms with Gasteiger partial charge in [-0.1, -0.05) is 0 Å². The molecule has 3 rings (SSSR count). The van der Waals surface area contributed by atoms with E-state index in [-0.39, 0.29) is 17.3 Å². The number of ether oxygens (including phenoxy) is 1. The molecule has 1 fully saturated rings. The molecule has 1 aromatic carbocycles. The van der Waals surface area contributed by atoms with Gasteiger partial charge in [-0.05, 0) is 12.1 Å². The molecule has 1 aliphatic heterocycles. The van der Waals surface area contributed by atoms with Crippen LogP contribution in [0.25, 0.3) is 0 Å². The number of aromatic nitrogens is 2. The molecule has 0 bridgehead atoms. The number of benzene rings is 1. The summed E-state index contributed by atoms with van der Waals surface area (Å²) in [5.74, 6) is -1.53. The van der Waals surface area contributed by atoms with Crippen molar-refractivity contribution >= 4 is 23.0 Å². The van der Waals surface area contributed by atoms with Gasteiger partial charge in [0.1, 0.15) is 18.0 Å². The topological polar surface area (TPSA) is 93.4 Å². The highest BCUT2D eigenvalue weighted by atomic mass is 19.1. The summed E-state index contributed by atoms with van der Waals surface area (Å²) < 4.78 is 32.3. The van der Waals surface area contributed by atoms with Gasteiger partial charge in [0.05, 0.1) is 23.8 Å². The van der Waals surface area contributed by atoms with Crippen molar-refractivity contribution in [1.82, 2.24) is 9.97 Å². The summed E-state index contributed by atoms with van der Waals surface area (Å²) in [6.07, 6.45) is 1.14. The Hall–Kier alpha value is -2.88. The van der Waals surface area contributed by atoms with E-state index < -0.39 is 22.2 Å². The van der Waals surface area contributed by atoms with E-state index in [1.807, 2.05) is 0 Å². The Balaban J connectivity index is 2.01. The minimum absolute atomic E-state index is 0.109. The normalized spacial score (nSPS) is 14.5. The molecule has 8 nitrogen and oxygen atoms in total. The van der Waals surface area contributed by atoms with Crippen LogP contribution < -0.4 is 10.2 Å². The smallest absolute Gasteiger partial charge is 0.353 e. The minimum atomic E-state index is -0.753. The molecular weight excluding hydrogens is 324 g/mol. The third kappa shape index (κ3) is 3.23. The monoisotopic (exact) mass is 337 g/mol. The second-order valence-electron chi connectivity index (χ2n) is 5.00. The number of nitro groups is 1. The Bertz CT molecular complexity index is 768. The molecule has 0 unspecified atom stereocenters. The molecule has 0 atom stereocenters. The molecule has 0 saturated carbocycles. The molecule has 10 heteroatoms. The van der Waals surface area contributed by atoms with Gasteiger partial charge in [0.15, 0.2) is 0 Å². The zero-order valence-electron chi connectivity index (χ0n) is 12.4. The first kappa shape index (κ1) is 16.0. The predicted octanol–water partition coefficient (Wildman–Crippen LogP) is 2.24. The first-order chi connectivity index (χ1) is 11.6. The molecule has 2 heterocycles. The summed E-state index contributed by atoms with van der Waals surface area (Å²) in [6, 6.07) is 2.78. The number of anilines is 3. The summed E-state index contributed by atoms with van der Waals surface area (Å²) in [6.45, 7) is 1.71. The van der Waals surface area contributed by atoms with Crippen LogP contribution in [0.4, 0.5) is 31.8 Å². The maximum absolute atomic E-state index is 13.8. The third-order valence-electron chi connectivity index (χ3n) is 3.48. The van der Waals surface area contributed by atoms with Gasteiger partial charge in [-0.15, -0.1) is 0 Å². The number of hydrogen-bond donors (Lipinski definition) is 1. The van der Waals surface area contributed by atoms with E-state index in [2.05, 4.69) is 15.3 Å². The largest absolute Gasteiger partial charge is 0.378 e. The molecule has 1 aromatic heterocycles. The van der Waals surface area contributed by atoms with Crippen LogP contribution in [0, 0.1) is 21.7 Å². The molecule has 0 amide bonds. The van der Waals surface area contributed by atoms with Gasteiger partial charge in [-0.25, -0.2) is 18.7 Å². The second-order valence-corrected chi connectivity index (χ2v) is 5.00. The summed E-state index contributed by atoms with van der Waals surface area (Å²) in [5, 5.41) is 14.0. The van der Waals surface area contributed by atoms with Crippen LogP contribution in [-0.2, 0) is 4.74 Å².